The third-order valence-electron chi connectivity index (χ3n) is 3.05. The van der Waals surface area contributed by atoms with Crippen molar-refractivity contribution in [1.29, 1.82) is 0 Å². The van der Waals surface area contributed by atoms with Gasteiger partial charge in [0.25, 0.3) is 0 Å². The molecule has 1 aliphatic carbocycles. The van der Waals surface area contributed by atoms with Gasteiger partial charge >= 0.3 is 0 Å². The van der Waals surface area contributed by atoms with E-state index in [1.807, 2.05) is 18.4 Å². The lowest BCUT2D eigenvalue weighted by Gasteiger charge is -2.16. The smallest absolute Gasteiger partial charge is 0.0499 e. The van der Waals surface area contributed by atoms with Crippen molar-refractivity contribution < 1.29 is 0 Å². The summed E-state index contributed by atoms with van der Waals surface area (Å²) in [5.74, 6) is 0. The van der Waals surface area contributed by atoms with E-state index < -0.39 is 0 Å². The molecule has 0 aliphatic heterocycles. The van der Waals surface area contributed by atoms with Crippen LogP contribution in [0.15, 0.2) is 41.4 Å². The van der Waals surface area contributed by atoms with Gasteiger partial charge in [-0.15, -0.1) is 0 Å². The molecule has 0 unspecified atom stereocenters. The van der Waals surface area contributed by atoms with Crippen LogP contribution in [0.25, 0.3) is 6.08 Å². The van der Waals surface area contributed by atoms with Crippen molar-refractivity contribution in [3.8, 4) is 0 Å². The van der Waals surface area contributed by atoms with Crippen LogP contribution >= 0.6 is 0 Å². The van der Waals surface area contributed by atoms with Crippen LogP contribution in [0.2, 0.25) is 0 Å². The quantitative estimate of drug-likeness (QED) is 0.670. The van der Waals surface area contributed by atoms with Gasteiger partial charge in [0.1, 0.15) is 0 Å². The Morgan fingerprint density at radius 2 is 1.75 bits per heavy atom. The summed E-state index contributed by atoms with van der Waals surface area (Å²) >= 11 is 0. The van der Waals surface area contributed by atoms with E-state index in [0.29, 0.717) is 6.04 Å². The predicted molar refractivity (Wildman–Crippen MR) is 70.8 cm³/mol. The maximum Gasteiger partial charge on any atom is 0.0499 e. The summed E-state index contributed by atoms with van der Waals surface area (Å²) in [7, 11) is 0. The zero-order valence-corrected chi connectivity index (χ0v) is 9.68. The Balaban J connectivity index is 1.82. The zero-order valence-electron chi connectivity index (χ0n) is 9.68. The van der Waals surface area contributed by atoms with Gasteiger partial charge in [0.05, 0.1) is 0 Å². The molecule has 1 aliphatic rings. The van der Waals surface area contributed by atoms with E-state index in [1.54, 1.807) is 0 Å². The van der Waals surface area contributed by atoms with Gasteiger partial charge in [0.15, 0.2) is 0 Å². The van der Waals surface area contributed by atoms with E-state index in [1.165, 1.54) is 37.7 Å². The standard InChI is InChI=1S/C15H19N/c1-3-8-14(9-4-1)10-7-13-16-15-11-5-2-6-12-15/h1,3-4,7-10,13,15H,2,5-6,11-12H2/b10-7+,16-13?. The normalized spacial score (nSPS) is 18.5. The Bertz CT molecular complexity index is 345. The largest absolute Gasteiger partial charge is 0.290 e. The molecular formula is C15H19N. The first-order valence-corrected chi connectivity index (χ1v) is 6.20. The third-order valence-corrected chi connectivity index (χ3v) is 3.05. The molecule has 0 heterocycles. The lowest BCUT2D eigenvalue weighted by atomic mass is 9.96. The molecule has 0 amide bonds. The van der Waals surface area contributed by atoms with Gasteiger partial charge < -0.3 is 0 Å². The van der Waals surface area contributed by atoms with E-state index in [4.69, 9.17) is 0 Å². The van der Waals surface area contributed by atoms with Crippen molar-refractivity contribution in [2.45, 2.75) is 38.1 Å². The number of rotatable bonds is 3. The lowest BCUT2D eigenvalue weighted by molar-refractivity contribution is 0.444. The van der Waals surface area contributed by atoms with Crippen molar-refractivity contribution in [3.63, 3.8) is 0 Å². The topological polar surface area (TPSA) is 12.4 Å². The summed E-state index contributed by atoms with van der Waals surface area (Å²) in [6.07, 6.45) is 12.8. The fourth-order valence-corrected chi connectivity index (χ4v) is 2.12. The molecule has 0 radical (unpaired) electrons. The molecule has 0 saturated heterocycles. The lowest BCUT2D eigenvalue weighted by Crippen LogP contribution is -2.09. The van der Waals surface area contributed by atoms with E-state index in [0.717, 1.165) is 0 Å². The second-order valence-corrected chi connectivity index (χ2v) is 4.36. The van der Waals surface area contributed by atoms with Crippen molar-refractivity contribution in [1.82, 2.24) is 0 Å². The summed E-state index contributed by atoms with van der Waals surface area (Å²) in [6, 6.07) is 10.9. The molecular weight excluding hydrogens is 194 g/mol. The van der Waals surface area contributed by atoms with Crippen LogP contribution in [-0.2, 0) is 0 Å². The first-order chi connectivity index (χ1) is 7.95. The number of nitrogens with zero attached hydrogens (tertiary/aromatic N) is 1. The van der Waals surface area contributed by atoms with Crippen molar-refractivity contribution in [2.24, 2.45) is 4.99 Å². The van der Waals surface area contributed by atoms with Crippen LogP contribution in [0.3, 0.4) is 0 Å². The van der Waals surface area contributed by atoms with Crippen LogP contribution in [0.5, 0.6) is 0 Å². The second kappa shape index (κ2) is 6.26. The van der Waals surface area contributed by atoms with E-state index in [9.17, 15) is 0 Å². The molecule has 0 aromatic heterocycles. The van der Waals surface area contributed by atoms with Gasteiger partial charge in [-0.3, -0.25) is 4.99 Å². The number of aliphatic imine (C=N–C) groups is 1. The van der Waals surface area contributed by atoms with E-state index in [-0.39, 0.29) is 0 Å². The van der Waals surface area contributed by atoms with Gasteiger partial charge in [-0.2, -0.15) is 0 Å². The highest BCUT2D eigenvalue weighted by Gasteiger charge is 2.09. The Kier molecular flexibility index (Phi) is 4.36. The molecule has 1 fully saturated rings. The Morgan fingerprint density at radius 1 is 1.00 bits per heavy atom. The summed E-state index contributed by atoms with van der Waals surface area (Å²) in [4.78, 5) is 4.59. The fourth-order valence-electron chi connectivity index (χ4n) is 2.12. The van der Waals surface area contributed by atoms with Crippen LogP contribution in [0.4, 0.5) is 0 Å². The van der Waals surface area contributed by atoms with E-state index in [2.05, 4.69) is 35.3 Å². The molecule has 84 valence electrons. The molecule has 16 heavy (non-hydrogen) atoms. The van der Waals surface area contributed by atoms with Crippen molar-refractivity contribution in [3.05, 3.63) is 42.0 Å². The molecule has 0 N–H and O–H groups in total. The van der Waals surface area contributed by atoms with Crippen LogP contribution < -0.4 is 0 Å². The fraction of sp³-hybridized carbons (Fsp3) is 0.400. The summed E-state index contributed by atoms with van der Waals surface area (Å²) < 4.78 is 0. The van der Waals surface area contributed by atoms with Gasteiger partial charge in [-0.05, 0) is 24.5 Å². The minimum atomic E-state index is 0.578. The van der Waals surface area contributed by atoms with Crippen LogP contribution in [-0.4, -0.2) is 12.3 Å². The molecule has 1 aromatic carbocycles. The molecule has 0 atom stereocenters. The van der Waals surface area contributed by atoms with Crippen molar-refractivity contribution in [2.75, 3.05) is 0 Å². The minimum absolute atomic E-state index is 0.578. The highest BCUT2D eigenvalue weighted by molar-refractivity contribution is 5.78. The first-order valence-electron chi connectivity index (χ1n) is 6.20. The molecule has 1 heteroatoms. The van der Waals surface area contributed by atoms with E-state index >= 15 is 0 Å². The Hall–Kier alpha value is -1.37. The highest BCUT2D eigenvalue weighted by atomic mass is 14.8. The van der Waals surface area contributed by atoms with Gasteiger partial charge in [-0.25, -0.2) is 0 Å². The minimum Gasteiger partial charge on any atom is -0.290 e. The maximum absolute atomic E-state index is 4.59. The van der Waals surface area contributed by atoms with Crippen molar-refractivity contribution >= 4 is 12.3 Å². The van der Waals surface area contributed by atoms with Gasteiger partial charge in [0.2, 0.25) is 0 Å². The zero-order chi connectivity index (χ0) is 11.1. The Morgan fingerprint density at radius 3 is 2.50 bits per heavy atom. The van der Waals surface area contributed by atoms with Gasteiger partial charge in [-0.1, -0.05) is 55.7 Å². The number of hydrogen-bond donors (Lipinski definition) is 0. The summed E-state index contributed by atoms with van der Waals surface area (Å²) in [5, 5.41) is 0. The second-order valence-electron chi connectivity index (χ2n) is 4.36. The molecule has 0 spiro atoms. The molecule has 1 nitrogen and oxygen atoms in total. The molecule has 2 rings (SSSR count). The number of hydrogen-bond acceptors (Lipinski definition) is 1. The third kappa shape index (κ3) is 3.65. The first kappa shape index (κ1) is 11.1. The predicted octanol–water partition coefficient (Wildman–Crippen LogP) is 4.10. The van der Waals surface area contributed by atoms with Crippen LogP contribution in [0, 0.1) is 0 Å². The number of benzene rings is 1. The number of allylic oxidation sites excluding steroid dienone is 1. The van der Waals surface area contributed by atoms with Gasteiger partial charge in [0, 0.05) is 12.3 Å². The molecule has 1 aromatic rings. The maximum atomic E-state index is 4.59. The summed E-state index contributed by atoms with van der Waals surface area (Å²) in [5.41, 5.74) is 1.23. The average molecular weight is 213 g/mol. The average Bonchev–Trinajstić information content (AvgIpc) is 2.37. The SMILES string of the molecule is C(/C=C/c1ccccc1)=NC1CCCCC1. The highest BCUT2D eigenvalue weighted by Crippen LogP contribution is 2.19. The monoisotopic (exact) mass is 213 g/mol. The Labute approximate surface area is 97.9 Å². The molecule has 1 saturated carbocycles. The molecule has 0 bridgehead atoms. The van der Waals surface area contributed by atoms with Crippen LogP contribution in [0.1, 0.15) is 37.7 Å². The summed E-state index contributed by atoms with van der Waals surface area (Å²) in [6.45, 7) is 0.